The maximum absolute atomic E-state index is 10.8. The van der Waals surface area contributed by atoms with Crippen molar-refractivity contribution in [1.29, 1.82) is 0 Å². The third-order valence-electron chi connectivity index (χ3n) is 4.93. The molecule has 1 aliphatic carbocycles. The van der Waals surface area contributed by atoms with Gasteiger partial charge < -0.3 is 28.8 Å². The van der Waals surface area contributed by atoms with Crippen molar-refractivity contribution >= 4 is 0 Å². The summed E-state index contributed by atoms with van der Waals surface area (Å²) in [5, 5.41) is 10.8. The van der Waals surface area contributed by atoms with Gasteiger partial charge in [-0.2, -0.15) is 0 Å². The molecule has 0 unspecified atom stereocenters. The average molecular weight is 350 g/mol. The zero-order valence-corrected chi connectivity index (χ0v) is 15.0. The van der Waals surface area contributed by atoms with Crippen molar-refractivity contribution in [3.8, 4) is 0 Å². The molecule has 1 aromatic rings. The van der Waals surface area contributed by atoms with Crippen LogP contribution in [0.2, 0.25) is 0 Å². The highest BCUT2D eigenvalue weighted by Crippen LogP contribution is 2.45. The van der Waals surface area contributed by atoms with Crippen LogP contribution in [0.25, 0.3) is 0 Å². The number of fused-ring (bicyclic) bond motifs is 2. The molecule has 2 aliphatic heterocycles. The Hall–Kier alpha value is -1.02. The third kappa shape index (κ3) is 3.23. The number of aliphatic hydroxyl groups excluding tert-OH is 1. The van der Waals surface area contributed by atoms with Crippen molar-refractivity contribution in [2.24, 2.45) is 0 Å². The van der Waals surface area contributed by atoms with E-state index < -0.39 is 42.1 Å². The molecule has 6 atom stereocenters. The summed E-state index contributed by atoms with van der Waals surface area (Å²) in [6.07, 6.45) is -3.04. The van der Waals surface area contributed by atoms with E-state index in [9.17, 15) is 5.11 Å². The van der Waals surface area contributed by atoms with Crippen LogP contribution in [0, 0.1) is 0 Å². The van der Waals surface area contributed by atoms with Crippen molar-refractivity contribution in [3.05, 3.63) is 35.9 Å². The van der Waals surface area contributed by atoms with Crippen molar-refractivity contribution in [1.82, 2.24) is 0 Å². The molecule has 0 aromatic heterocycles. The second-order valence-corrected chi connectivity index (χ2v) is 7.88. The molecule has 2 saturated heterocycles. The van der Waals surface area contributed by atoms with E-state index in [0.717, 1.165) is 5.56 Å². The van der Waals surface area contributed by atoms with Gasteiger partial charge in [-0.25, -0.2) is 0 Å². The number of rotatable bonds is 3. The molecule has 0 amide bonds. The molecule has 0 bridgehead atoms. The summed E-state index contributed by atoms with van der Waals surface area (Å²) in [7, 11) is 0. The molecular weight excluding hydrogens is 324 g/mol. The molecule has 0 radical (unpaired) electrons. The molecule has 138 valence electrons. The van der Waals surface area contributed by atoms with Gasteiger partial charge in [0.15, 0.2) is 11.6 Å². The van der Waals surface area contributed by atoms with Crippen LogP contribution in [-0.4, -0.2) is 53.3 Å². The maximum Gasteiger partial charge on any atom is 0.164 e. The second-order valence-electron chi connectivity index (χ2n) is 7.88. The van der Waals surface area contributed by atoms with E-state index in [1.54, 1.807) is 0 Å². The highest BCUT2D eigenvalue weighted by atomic mass is 16.8. The van der Waals surface area contributed by atoms with Crippen LogP contribution in [0.5, 0.6) is 0 Å². The molecular formula is C19H26O6. The lowest BCUT2D eigenvalue weighted by molar-refractivity contribution is -0.190. The summed E-state index contributed by atoms with van der Waals surface area (Å²) in [4.78, 5) is 0. The first-order valence-electron chi connectivity index (χ1n) is 8.81. The van der Waals surface area contributed by atoms with Crippen LogP contribution in [0.15, 0.2) is 30.3 Å². The van der Waals surface area contributed by atoms with Gasteiger partial charge in [0, 0.05) is 0 Å². The van der Waals surface area contributed by atoms with Gasteiger partial charge in [-0.05, 0) is 33.3 Å². The first kappa shape index (κ1) is 17.4. The summed E-state index contributed by atoms with van der Waals surface area (Å²) in [5.74, 6) is -1.56. The molecule has 4 rings (SSSR count). The van der Waals surface area contributed by atoms with E-state index in [-0.39, 0.29) is 6.10 Å². The molecule has 6 nitrogen and oxygen atoms in total. The molecule has 1 N–H and O–H groups in total. The summed E-state index contributed by atoms with van der Waals surface area (Å²) in [6.45, 7) is 7.80. The minimum absolute atomic E-state index is 0.387. The first-order chi connectivity index (χ1) is 11.8. The van der Waals surface area contributed by atoms with Crippen molar-refractivity contribution in [2.75, 3.05) is 0 Å². The monoisotopic (exact) mass is 350 g/mol. The zero-order valence-electron chi connectivity index (χ0n) is 15.0. The predicted octanol–water partition coefficient (Wildman–Crippen LogP) is 1.99. The molecule has 0 spiro atoms. The molecule has 1 saturated carbocycles. The Labute approximate surface area is 148 Å². The topological polar surface area (TPSA) is 66.4 Å². The van der Waals surface area contributed by atoms with Crippen LogP contribution < -0.4 is 0 Å². The van der Waals surface area contributed by atoms with Gasteiger partial charge in [-0.15, -0.1) is 0 Å². The molecule has 25 heavy (non-hydrogen) atoms. The minimum Gasteiger partial charge on any atom is -0.387 e. The van der Waals surface area contributed by atoms with E-state index in [1.807, 2.05) is 58.0 Å². The smallest absolute Gasteiger partial charge is 0.164 e. The Balaban J connectivity index is 1.59. The number of hydrogen-bond donors (Lipinski definition) is 1. The Bertz CT molecular complexity index is 584. The lowest BCUT2D eigenvalue weighted by atomic mass is 9.85. The van der Waals surface area contributed by atoms with Crippen LogP contribution in [0.1, 0.15) is 33.3 Å². The largest absolute Gasteiger partial charge is 0.387 e. The van der Waals surface area contributed by atoms with Crippen molar-refractivity contribution in [2.45, 2.75) is 82.5 Å². The van der Waals surface area contributed by atoms with Crippen LogP contribution >= 0.6 is 0 Å². The summed E-state index contributed by atoms with van der Waals surface area (Å²) in [5.41, 5.74) is 1.07. The Morgan fingerprint density at radius 2 is 1.32 bits per heavy atom. The Kier molecular flexibility index (Phi) is 4.18. The molecule has 3 fully saturated rings. The fraction of sp³-hybridized carbons (Fsp3) is 0.684. The predicted molar refractivity (Wildman–Crippen MR) is 88.7 cm³/mol. The minimum atomic E-state index is -0.824. The standard InChI is InChI=1S/C19H26O6/c1-18(2)22-13-12(20)14-17(25-19(3,4)23-14)15(16(13)24-18)21-10-11-8-6-5-7-9-11/h5-9,12-17,20H,10H2,1-4H3/t12-,13+,14-,15+,16+,17-. The summed E-state index contributed by atoms with van der Waals surface area (Å²) in [6, 6.07) is 9.95. The Morgan fingerprint density at radius 1 is 0.840 bits per heavy atom. The molecule has 3 aliphatic rings. The SMILES string of the molecule is CC1(C)O[C@H]2[C@@H](OCc3ccccc3)[C@H]3OC(C)(C)O[C@H]3[C@@H](O)[C@H]2O1. The summed E-state index contributed by atoms with van der Waals surface area (Å²) < 4.78 is 30.2. The highest BCUT2D eigenvalue weighted by Gasteiger charge is 2.63. The molecule has 6 heteroatoms. The van der Waals surface area contributed by atoms with Crippen LogP contribution in [-0.2, 0) is 30.3 Å². The Morgan fingerprint density at radius 3 is 1.84 bits per heavy atom. The fourth-order valence-electron chi connectivity index (χ4n) is 4.00. The number of benzene rings is 1. The molecule has 1 aromatic carbocycles. The second kappa shape index (κ2) is 6.01. The van der Waals surface area contributed by atoms with Gasteiger partial charge in [0.2, 0.25) is 0 Å². The first-order valence-corrected chi connectivity index (χ1v) is 8.81. The number of ether oxygens (including phenoxy) is 5. The maximum atomic E-state index is 10.8. The number of hydrogen-bond acceptors (Lipinski definition) is 6. The van der Waals surface area contributed by atoms with E-state index in [4.69, 9.17) is 23.7 Å². The van der Waals surface area contributed by atoms with Gasteiger partial charge in [0.05, 0.1) is 6.61 Å². The zero-order chi connectivity index (χ0) is 17.8. The van der Waals surface area contributed by atoms with E-state index in [0.29, 0.717) is 6.61 Å². The van der Waals surface area contributed by atoms with Gasteiger partial charge in [0.1, 0.15) is 36.6 Å². The van der Waals surface area contributed by atoms with Gasteiger partial charge in [-0.3, -0.25) is 0 Å². The van der Waals surface area contributed by atoms with Gasteiger partial charge in [-0.1, -0.05) is 30.3 Å². The van der Waals surface area contributed by atoms with Crippen molar-refractivity contribution in [3.63, 3.8) is 0 Å². The van der Waals surface area contributed by atoms with E-state index in [2.05, 4.69) is 0 Å². The van der Waals surface area contributed by atoms with Crippen LogP contribution in [0.4, 0.5) is 0 Å². The number of aliphatic hydroxyl groups is 1. The van der Waals surface area contributed by atoms with E-state index in [1.165, 1.54) is 0 Å². The highest BCUT2D eigenvalue weighted by molar-refractivity contribution is 5.14. The average Bonchev–Trinajstić information content (AvgIpc) is 3.04. The molecule has 2 heterocycles. The van der Waals surface area contributed by atoms with E-state index >= 15 is 0 Å². The fourth-order valence-corrected chi connectivity index (χ4v) is 4.00. The lowest BCUT2D eigenvalue weighted by Gasteiger charge is -2.40. The van der Waals surface area contributed by atoms with Gasteiger partial charge >= 0.3 is 0 Å². The van der Waals surface area contributed by atoms with Crippen molar-refractivity contribution < 1.29 is 28.8 Å². The quantitative estimate of drug-likeness (QED) is 0.899. The summed E-state index contributed by atoms with van der Waals surface area (Å²) >= 11 is 0. The third-order valence-corrected chi connectivity index (χ3v) is 4.93. The lowest BCUT2D eigenvalue weighted by Crippen LogP contribution is -2.62. The van der Waals surface area contributed by atoms with Gasteiger partial charge in [0.25, 0.3) is 0 Å². The van der Waals surface area contributed by atoms with Crippen LogP contribution in [0.3, 0.4) is 0 Å². The normalized spacial score (nSPS) is 41.3.